The molecule has 0 spiro atoms. The van der Waals surface area contributed by atoms with Gasteiger partial charge in [0.2, 0.25) is 21.8 Å². The van der Waals surface area contributed by atoms with Gasteiger partial charge in [0.25, 0.3) is 0 Å². The Morgan fingerprint density at radius 1 is 0.878 bits per heavy atom. The molecule has 0 unspecified atom stereocenters. The number of nitrogens with one attached hydrogen (secondary N) is 1. The second kappa shape index (κ2) is 12.6. The molecule has 0 saturated carbocycles. The van der Waals surface area contributed by atoms with E-state index >= 15 is 0 Å². The van der Waals surface area contributed by atoms with Gasteiger partial charge in [-0.05, 0) is 44.0 Å². The van der Waals surface area contributed by atoms with Gasteiger partial charge in [0.1, 0.15) is 25.8 Å². The predicted octanol–water partition coefficient (Wildman–Crippen LogP) is 3.78. The molecule has 0 radical (unpaired) electrons. The fraction of sp³-hybridized carbons (Fsp3) is 0.355. The number of rotatable bonds is 10. The van der Waals surface area contributed by atoms with Crippen LogP contribution < -0.4 is 19.1 Å². The average Bonchev–Trinajstić information content (AvgIpc) is 2.92. The molecule has 0 fully saturated rings. The Kier molecular flexibility index (Phi) is 9.22. The SMILES string of the molecule is CC(C)(C)NC(=O)[C@H](Cc1ccccc1)N(Cc1ccccc1)C(=O)CN(c1ccc2c(c1)OCCO2)S(C)(=O)=O. The topological polar surface area (TPSA) is 105 Å². The largest absolute Gasteiger partial charge is 0.486 e. The van der Waals surface area contributed by atoms with E-state index in [0.29, 0.717) is 24.7 Å². The summed E-state index contributed by atoms with van der Waals surface area (Å²) in [6.07, 6.45) is 1.30. The first-order valence-corrected chi connectivity index (χ1v) is 15.3. The molecule has 1 heterocycles. The Morgan fingerprint density at radius 3 is 2.05 bits per heavy atom. The summed E-state index contributed by atoms with van der Waals surface area (Å²) in [6, 6.07) is 22.7. The van der Waals surface area contributed by atoms with Gasteiger partial charge in [-0.25, -0.2) is 8.42 Å². The number of nitrogens with zero attached hydrogens (tertiary/aromatic N) is 2. The maximum Gasteiger partial charge on any atom is 0.244 e. The second-order valence-corrected chi connectivity index (χ2v) is 13.0. The van der Waals surface area contributed by atoms with Crippen LogP contribution >= 0.6 is 0 Å². The number of amides is 2. The average molecular weight is 580 g/mol. The van der Waals surface area contributed by atoms with E-state index in [1.807, 2.05) is 81.4 Å². The lowest BCUT2D eigenvalue weighted by Gasteiger charge is -2.35. The minimum atomic E-state index is -3.89. The Balaban J connectivity index is 1.73. The fourth-order valence-electron chi connectivity index (χ4n) is 4.59. The lowest BCUT2D eigenvalue weighted by molar-refractivity contribution is -0.140. The standard InChI is InChI=1S/C31H37N3O6S/c1-31(2,3)32-30(36)26(19-23-11-7-5-8-12-23)33(21-24-13-9-6-10-14-24)29(35)22-34(41(4,37)38)25-15-16-27-28(20-25)40-18-17-39-27/h5-16,20,26H,17-19,21-22H2,1-4H3,(H,32,36)/t26-/m0/s1. The lowest BCUT2D eigenvalue weighted by Crippen LogP contribution is -2.56. The van der Waals surface area contributed by atoms with E-state index in [9.17, 15) is 18.0 Å². The van der Waals surface area contributed by atoms with E-state index in [2.05, 4.69) is 5.32 Å². The number of carbonyl (C=O) groups excluding carboxylic acids is 2. The summed E-state index contributed by atoms with van der Waals surface area (Å²) in [6.45, 7) is 5.98. The van der Waals surface area contributed by atoms with Gasteiger partial charge in [-0.15, -0.1) is 0 Å². The highest BCUT2D eigenvalue weighted by Gasteiger charge is 2.34. The van der Waals surface area contributed by atoms with Crippen LogP contribution in [0.15, 0.2) is 78.9 Å². The van der Waals surface area contributed by atoms with Gasteiger partial charge in [0.05, 0.1) is 11.9 Å². The van der Waals surface area contributed by atoms with Crippen LogP contribution in [0, 0.1) is 0 Å². The molecule has 10 heteroatoms. The van der Waals surface area contributed by atoms with Gasteiger partial charge in [-0.3, -0.25) is 13.9 Å². The Labute approximate surface area is 242 Å². The van der Waals surface area contributed by atoms with Crippen molar-refractivity contribution in [3.8, 4) is 11.5 Å². The molecule has 1 aliphatic rings. The van der Waals surface area contributed by atoms with Crippen molar-refractivity contribution < 1.29 is 27.5 Å². The van der Waals surface area contributed by atoms with Crippen LogP contribution in [0.1, 0.15) is 31.9 Å². The van der Waals surface area contributed by atoms with Crippen molar-refractivity contribution in [2.75, 3.05) is 30.3 Å². The smallest absolute Gasteiger partial charge is 0.244 e. The highest BCUT2D eigenvalue weighted by atomic mass is 32.2. The van der Waals surface area contributed by atoms with Crippen LogP contribution in [0.5, 0.6) is 11.5 Å². The number of sulfonamides is 1. The van der Waals surface area contributed by atoms with Crippen molar-refractivity contribution in [2.24, 2.45) is 0 Å². The summed E-state index contributed by atoms with van der Waals surface area (Å²) >= 11 is 0. The summed E-state index contributed by atoms with van der Waals surface area (Å²) in [5.74, 6) is 0.0739. The van der Waals surface area contributed by atoms with Crippen LogP contribution in [0.3, 0.4) is 0 Å². The second-order valence-electron chi connectivity index (χ2n) is 11.0. The zero-order chi connectivity index (χ0) is 29.6. The molecule has 1 N–H and O–H groups in total. The third kappa shape index (κ3) is 8.23. The normalized spacial score (nSPS) is 13.7. The summed E-state index contributed by atoms with van der Waals surface area (Å²) < 4.78 is 38.3. The van der Waals surface area contributed by atoms with Crippen molar-refractivity contribution in [3.63, 3.8) is 0 Å². The molecule has 0 aliphatic carbocycles. The first-order chi connectivity index (χ1) is 19.4. The van der Waals surface area contributed by atoms with Crippen molar-refractivity contribution in [3.05, 3.63) is 90.0 Å². The molecule has 2 amide bonds. The van der Waals surface area contributed by atoms with Gasteiger partial charge >= 0.3 is 0 Å². The van der Waals surface area contributed by atoms with Crippen LogP contribution in [0.4, 0.5) is 5.69 Å². The molecule has 4 rings (SSSR count). The minimum absolute atomic E-state index is 0.119. The van der Waals surface area contributed by atoms with Crippen LogP contribution in [0.25, 0.3) is 0 Å². The maximum atomic E-state index is 14.2. The molecule has 1 atom stereocenters. The molecule has 0 aromatic heterocycles. The van der Waals surface area contributed by atoms with Crippen molar-refractivity contribution >= 4 is 27.5 Å². The predicted molar refractivity (Wildman–Crippen MR) is 158 cm³/mol. The first kappa shape index (κ1) is 29.9. The molecule has 3 aromatic rings. The van der Waals surface area contributed by atoms with E-state index < -0.39 is 34.1 Å². The molecule has 0 bridgehead atoms. The Bertz CT molecular complexity index is 1460. The molecule has 41 heavy (non-hydrogen) atoms. The quantitative estimate of drug-likeness (QED) is 0.392. The molecule has 218 valence electrons. The Morgan fingerprint density at radius 2 is 1.46 bits per heavy atom. The summed E-state index contributed by atoms with van der Waals surface area (Å²) in [5.41, 5.74) is 1.41. The van der Waals surface area contributed by atoms with Crippen LogP contribution in [0.2, 0.25) is 0 Å². The van der Waals surface area contributed by atoms with E-state index in [1.165, 1.54) is 4.90 Å². The summed E-state index contributed by atoms with van der Waals surface area (Å²) in [4.78, 5) is 29.4. The summed E-state index contributed by atoms with van der Waals surface area (Å²) in [7, 11) is -3.89. The number of carbonyl (C=O) groups is 2. The van der Waals surface area contributed by atoms with Crippen LogP contribution in [-0.4, -0.2) is 62.7 Å². The zero-order valence-electron chi connectivity index (χ0n) is 23.9. The van der Waals surface area contributed by atoms with Crippen LogP contribution in [-0.2, 0) is 32.6 Å². The highest BCUT2D eigenvalue weighted by Crippen LogP contribution is 2.34. The van der Waals surface area contributed by atoms with Crippen molar-refractivity contribution in [1.29, 1.82) is 0 Å². The van der Waals surface area contributed by atoms with Crippen molar-refractivity contribution in [2.45, 2.75) is 45.3 Å². The van der Waals surface area contributed by atoms with Gasteiger partial charge in [0, 0.05) is 24.6 Å². The Hall–Kier alpha value is -4.05. The monoisotopic (exact) mass is 579 g/mol. The van der Waals surface area contributed by atoms with Gasteiger partial charge in [0.15, 0.2) is 11.5 Å². The molecular weight excluding hydrogens is 542 g/mol. The molecule has 9 nitrogen and oxygen atoms in total. The molecule has 1 aliphatic heterocycles. The van der Waals surface area contributed by atoms with E-state index in [-0.39, 0.29) is 24.6 Å². The third-order valence-electron chi connectivity index (χ3n) is 6.46. The number of fused-ring (bicyclic) bond motifs is 1. The van der Waals surface area contributed by atoms with Gasteiger partial charge in [-0.2, -0.15) is 0 Å². The zero-order valence-corrected chi connectivity index (χ0v) is 24.7. The van der Waals surface area contributed by atoms with E-state index in [0.717, 1.165) is 21.7 Å². The lowest BCUT2D eigenvalue weighted by atomic mass is 10.0. The number of hydrogen-bond acceptors (Lipinski definition) is 6. The third-order valence-corrected chi connectivity index (χ3v) is 7.60. The number of hydrogen-bond donors (Lipinski definition) is 1. The van der Waals surface area contributed by atoms with E-state index in [4.69, 9.17) is 9.47 Å². The maximum absolute atomic E-state index is 14.2. The summed E-state index contributed by atoms with van der Waals surface area (Å²) in [5, 5.41) is 3.01. The first-order valence-electron chi connectivity index (χ1n) is 13.5. The van der Waals surface area contributed by atoms with Crippen molar-refractivity contribution in [1.82, 2.24) is 10.2 Å². The molecular formula is C31H37N3O6S. The van der Waals surface area contributed by atoms with E-state index in [1.54, 1.807) is 18.2 Å². The number of anilines is 1. The minimum Gasteiger partial charge on any atom is -0.486 e. The molecule has 3 aromatic carbocycles. The molecule has 0 saturated heterocycles. The highest BCUT2D eigenvalue weighted by molar-refractivity contribution is 7.92. The number of benzene rings is 3. The fourth-order valence-corrected chi connectivity index (χ4v) is 5.43. The number of ether oxygens (including phenoxy) is 2. The van der Waals surface area contributed by atoms with Gasteiger partial charge < -0.3 is 19.7 Å². The van der Waals surface area contributed by atoms with Gasteiger partial charge in [-0.1, -0.05) is 60.7 Å².